The number of nitrogens with two attached hydrogens (primary N) is 1. The Morgan fingerprint density at radius 1 is 1.22 bits per heavy atom. The van der Waals surface area contributed by atoms with Crippen molar-refractivity contribution >= 4 is 0 Å². The van der Waals surface area contributed by atoms with Crippen LogP contribution in [0.2, 0.25) is 0 Å². The van der Waals surface area contributed by atoms with E-state index in [0.29, 0.717) is 26.1 Å². The highest BCUT2D eigenvalue weighted by atomic mass is 19.4. The summed E-state index contributed by atoms with van der Waals surface area (Å²) in [5.74, 6) is 0. The van der Waals surface area contributed by atoms with Crippen LogP contribution in [0.25, 0.3) is 0 Å². The van der Waals surface area contributed by atoms with Gasteiger partial charge in [0, 0.05) is 13.1 Å². The Labute approximate surface area is 106 Å². The fourth-order valence-electron chi connectivity index (χ4n) is 1.90. The van der Waals surface area contributed by atoms with Crippen molar-refractivity contribution in [1.29, 1.82) is 0 Å². The predicted octanol–water partition coefficient (Wildman–Crippen LogP) is 2.92. The van der Waals surface area contributed by atoms with E-state index >= 15 is 0 Å². The number of benzene rings is 1. The zero-order valence-corrected chi connectivity index (χ0v) is 10.5. The second-order valence-corrected chi connectivity index (χ2v) is 4.35. The number of alkyl halides is 3. The molecule has 0 unspecified atom stereocenters. The summed E-state index contributed by atoms with van der Waals surface area (Å²) in [7, 11) is 0. The SMILES string of the molecule is CCCN(Cc1cccc(CN)c1)CC(F)(F)F. The van der Waals surface area contributed by atoms with Gasteiger partial charge >= 0.3 is 6.18 Å². The molecule has 0 heterocycles. The van der Waals surface area contributed by atoms with E-state index in [2.05, 4.69) is 0 Å². The molecule has 0 aliphatic carbocycles. The molecule has 5 heteroatoms. The minimum absolute atomic E-state index is 0.307. The third kappa shape index (κ3) is 5.51. The van der Waals surface area contributed by atoms with E-state index in [0.717, 1.165) is 11.1 Å². The lowest BCUT2D eigenvalue weighted by molar-refractivity contribution is -0.147. The zero-order chi connectivity index (χ0) is 13.6. The van der Waals surface area contributed by atoms with Crippen molar-refractivity contribution in [2.45, 2.75) is 32.6 Å². The molecular formula is C13H19F3N2. The lowest BCUT2D eigenvalue weighted by atomic mass is 10.1. The van der Waals surface area contributed by atoms with E-state index < -0.39 is 12.7 Å². The van der Waals surface area contributed by atoms with Crippen molar-refractivity contribution in [3.63, 3.8) is 0 Å². The van der Waals surface area contributed by atoms with Crippen LogP contribution in [0.15, 0.2) is 24.3 Å². The summed E-state index contributed by atoms with van der Waals surface area (Å²) in [5.41, 5.74) is 7.33. The zero-order valence-electron chi connectivity index (χ0n) is 10.5. The third-order valence-electron chi connectivity index (χ3n) is 2.58. The molecular weight excluding hydrogens is 241 g/mol. The number of hydrogen-bond donors (Lipinski definition) is 1. The molecule has 1 aromatic carbocycles. The number of nitrogens with zero attached hydrogens (tertiary/aromatic N) is 1. The van der Waals surface area contributed by atoms with Gasteiger partial charge in [0.05, 0.1) is 6.54 Å². The first-order chi connectivity index (χ1) is 8.44. The highest BCUT2D eigenvalue weighted by molar-refractivity contribution is 5.23. The van der Waals surface area contributed by atoms with Crippen LogP contribution >= 0.6 is 0 Å². The normalized spacial score (nSPS) is 12.1. The van der Waals surface area contributed by atoms with Gasteiger partial charge in [-0.25, -0.2) is 0 Å². The van der Waals surface area contributed by atoms with Crippen molar-refractivity contribution < 1.29 is 13.2 Å². The molecule has 0 aliphatic heterocycles. The van der Waals surface area contributed by atoms with Crippen LogP contribution < -0.4 is 5.73 Å². The lowest BCUT2D eigenvalue weighted by Gasteiger charge is -2.23. The summed E-state index contributed by atoms with van der Waals surface area (Å²) in [5, 5.41) is 0. The summed E-state index contributed by atoms with van der Waals surface area (Å²) in [6.45, 7) is 2.15. The Bertz CT molecular complexity index is 363. The van der Waals surface area contributed by atoms with Crippen molar-refractivity contribution in [3.8, 4) is 0 Å². The maximum absolute atomic E-state index is 12.4. The summed E-state index contributed by atoms with van der Waals surface area (Å²) in [6.07, 6.45) is -3.45. The molecule has 2 N–H and O–H groups in total. The van der Waals surface area contributed by atoms with Gasteiger partial charge in [0.15, 0.2) is 0 Å². The second-order valence-electron chi connectivity index (χ2n) is 4.35. The second kappa shape index (κ2) is 6.75. The highest BCUT2D eigenvalue weighted by Gasteiger charge is 2.30. The van der Waals surface area contributed by atoms with Crippen molar-refractivity contribution in [3.05, 3.63) is 35.4 Å². The lowest BCUT2D eigenvalue weighted by Crippen LogP contribution is -2.34. The first-order valence-corrected chi connectivity index (χ1v) is 6.01. The molecule has 0 saturated carbocycles. The van der Waals surface area contributed by atoms with Gasteiger partial charge in [0.1, 0.15) is 0 Å². The molecule has 0 spiro atoms. The molecule has 102 valence electrons. The molecule has 0 atom stereocenters. The van der Waals surface area contributed by atoms with Gasteiger partial charge in [-0.15, -0.1) is 0 Å². The Kier molecular flexibility index (Phi) is 5.62. The van der Waals surface area contributed by atoms with Gasteiger partial charge < -0.3 is 5.73 Å². The van der Waals surface area contributed by atoms with Crippen LogP contribution in [0.5, 0.6) is 0 Å². The van der Waals surface area contributed by atoms with E-state index in [1.807, 2.05) is 31.2 Å². The standard InChI is InChI=1S/C13H19F3N2/c1-2-6-18(10-13(14,15)16)9-12-5-3-4-11(7-12)8-17/h3-5,7H,2,6,8-10,17H2,1H3. The Morgan fingerprint density at radius 3 is 2.44 bits per heavy atom. The van der Waals surface area contributed by atoms with Crippen LogP contribution in [-0.2, 0) is 13.1 Å². The van der Waals surface area contributed by atoms with Gasteiger partial charge in [-0.2, -0.15) is 13.2 Å². The Morgan fingerprint density at radius 2 is 1.89 bits per heavy atom. The van der Waals surface area contributed by atoms with E-state index in [9.17, 15) is 13.2 Å². The van der Waals surface area contributed by atoms with Crippen LogP contribution in [0.4, 0.5) is 13.2 Å². The monoisotopic (exact) mass is 260 g/mol. The maximum atomic E-state index is 12.4. The Hall–Kier alpha value is -1.07. The molecule has 0 aromatic heterocycles. The fourth-order valence-corrected chi connectivity index (χ4v) is 1.90. The molecule has 0 radical (unpaired) electrons. The van der Waals surface area contributed by atoms with Gasteiger partial charge in [-0.1, -0.05) is 31.2 Å². The molecule has 1 rings (SSSR count). The number of hydrogen-bond acceptors (Lipinski definition) is 2. The van der Waals surface area contributed by atoms with E-state index in [1.54, 1.807) is 0 Å². The van der Waals surface area contributed by atoms with Crippen LogP contribution in [0.3, 0.4) is 0 Å². The van der Waals surface area contributed by atoms with E-state index in [1.165, 1.54) is 4.90 Å². The number of halogens is 3. The molecule has 2 nitrogen and oxygen atoms in total. The van der Waals surface area contributed by atoms with Crippen molar-refractivity contribution in [1.82, 2.24) is 4.90 Å². The fraction of sp³-hybridized carbons (Fsp3) is 0.538. The van der Waals surface area contributed by atoms with E-state index in [4.69, 9.17) is 5.73 Å². The summed E-state index contributed by atoms with van der Waals surface area (Å²) in [6, 6.07) is 7.39. The topological polar surface area (TPSA) is 29.3 Å². The quantitative estimate of drug-likeness (QED) is 0.852. The first kappa shape index (κ1) is 15.0. The Balaban J connectivity index is 2.69. The maximum Gasteiger partial charge on any atom is 0.401 e. The predicted molar refractivity (Wildman–Crippen MR) is 66.0 cm³/mol. The molecule has 0 bridgehead atoms. The molecule has 0 fully saturated rings. The average Bonchev–Trinajstić information content (AvgIpc) is 2.27. The van der Waals surface area contributed by atoms with Crippen molar-refractivity contribution in [2.75, 3.05) is 13.1 Å². The van der Waals surface area contributed by atoms with Gasteiger partial charge in [0.25, 0.3) is 0 Å². The smallest absolute Gasteiger partial charge is 0.326 e. The molecule has 0 saturated heterocycles. The van der Waals surface area contributed by atoms with Gasteiger partial charge in [-0.05, 0) is 24.1 Å². The first-order valence-electron chi connectivity index (χ1n) is 6.01. The number of rotatable bonds is 6. The van der Waals surface area contributed by atoms with Crippen LogP contribution in [-0.4, -0.2) is 24.2 Å². The minimum Gasteiger partial charge on any atom is -0.326 e. The van der Waals surface area contributed by atoms with Gasteiger partial charge in [-0.3, -0.25) is 4.90 Å². The molecule has 1 aromatic rings. The third-order valence-corrected chi connectivity index (χ3v) is 2.58. The molecule has 18 heavy (non-hydrogen) atoms. The van der Waals surface area contributed by atoms with E-state index in [-0.39, 0.29) is 0 Å². The van der Waals surface area contributed by atoms with Crippen molar-refractivity contribution in [2.24, 2.45) is 5.73 Å². The highest BCUT2D eigenvalue weighted by Crippen LogP contribution is 2.18. The molecule has 0 aliphatic rings. The summed E-state index contributed by atoms with van der Waals surface area (Å²) in [4.78, 5) is 1.41. The van der Waals surface area contributed by atoms with Gasteiger partial charge in [0.2, 0.25) is 0 Å². The van der Waals surface area contributed by atoms with Crippen LogP contribution in [0, 0.1) is 0 Å². The largest absolute Gasteiger partial charge is 0.401 e. The average molecular weight is 260 g/mol. The summed E-state index contributed by atoms with van der Waals surface area (Å²) >= 11 is 0. The summed E-state index contributed by atoms with van der Waals surface area (Å²) < 4.78 is 37.2. The van der Waals surface area contributed by atoms with Crippen LogP contribution in [0.1, 0.15) is 24.5 Å². The minimum atomic E-state index is -4.15. The molecule has 0 amide bonds.